The normalized spacial score (nSPS) is 15.4. The lowest BCUT2D eigenvalue weighted by atomic mass is 9.95. The number of pyridine rings is 1. The molecule has 1 aliphatic rings. The molecule has 2 N–H and O–H groups in total. The molecule has 1 heterocycles. The Morgan fingerprint density at radius 1 is 1.09 bits per heavy atom. The van der Waals surface area contributed by atoms with Crippen LogP contribution in [0.4, 0.5) is 18.9 Å². The van der Waals surface area contributed by atoms with Gasteiger partial charge in [-0.15, -0.1) is 0 Å². The van der Waals surface area contributed by atoms with Crippen molar-refractivity contribution in [1.82, 2.24) is 9.88 Å². The number of nitrogens with zero attached hydrogens (tertiary/aromatic N) is 1. The van der Waals surface area contributed by atoms with Crippen LogP contribution in [0.3, 0.4) is 0 Å². The lowest BCUT2D eigenvalue weighted by molar-refractivity contribution is -0.138. The summed E-state index contributed by atoms with van der Waals surface area (Å²) < 4.78 is 39.1. The SMILES string of the molecule is CCN(CC)CCCNc1ccc(C(=CC2CCCC2)c2ccc(C(F)(F)F)c(=O)[nH]2)cc1. The first kappa shape index (κ1) is 25.1. The van der Waals surface area contributed by atoms with E-state index in [2.05, 4.69) is 35.1 Å². The molecule has 0 amide bonds. The third kappa shape index (κ3) is 6.97. The van der Waals surface area contributed by atoms with E-state index in [9.17, 15) is 18.0 Å². The fraction of sp³-hybridized carbons (Fsp3) is 0.500. The Hall–Kier alpha value is -2.54. The van der Waals surface area contributed by atoms with Crippen molar-refractivity contribution in [3.8, 4) is 0 Å². The molecule has 3 rings (SSSR count). The Kier molecular flexibility index (Phi) is 8.78. The number of alkyl halides is 3. The van der Waals surface area contributed by atoms with E-state index >= 15 is 0 Å². The first-order valence-corrected chi connectivity index (χ1v) is 11.9. The van der Waals surface area contributed by atoms with Crippen LogP contribution in [0.1, 0.15) is 62.8 Å². The summed E-state index contributed by atoms with van der Waals surface area (Å²) in [6.45, 7) is 8.34. The van der Waals surface area contributed by atoms with Gasteiger partial charge in [-0.25, -0.2) is 0 Å². The predicted octanol–water partition coefficient (Wildman–Crippen LogP) is 6.16. The molecule has 0 aliphatic heterocycles. The fourth-order valence-corrected chi connectivity index (χ4v) is 4.40. The number of H-pyrrole nitrogens is 1. The van der Waals surface area contributed by atoms with Crippen molar-refractivity contribution in [2.75, 3.05) is 31.5 Å². The monoisotopic (exact) mass is 461 g/mol. The molecular formula is C26H34F3N3O. The second-order valence-corrected chi connectivity index (χ2v) is 8.62. The van der Waals surface area contributed by atoms with Gasteiger partial charge in [0.15, 0.2) is 0 Å². The Balaban J connectivity index is 1.78. The van der Waals surface area contributed by atoms with Crippen molar-refractivity contribution in [1.29, 1.82) is 0 Å². The zero-order valence-electron chi connectivity index (χ0n) is 19.5. The summed E-state index contributed by atoms with van der Waals surface area (Å²) in [5, 5.41) is 3.43. The number of aromatic nitrogens is 1. The number of benzene rings is 1. The number of hydrogen-bond acceptors (Lipinski definition) is 3. The van der Waals surface area contributed by atoms with Gasteiger partial charge in [0.25, 0.3) is 5.56 Å². The van der Waals surface area contributed by atoms with E-state index in [1.807, 2.05) is 24.3 Å². The maximum absolute atomic E-state index is 13.0. The summed E-state index contributed by atoms with van der Waals surface area (Å²) in [7, 11) is 0. The fourth-order valence-electron chi connectivity index (χ4n) is 4.40. The van der Waals surface area contributed by atoms with Crippen LogP contribution < -0.4 is 10.9 Å². The van der Waals surface area contributed by atoms with Gasteiger partial charge in [-0.1, -0.05) is 44.9 Å². The molecule has 0 saturated heterocycles. The van der Waals surface area contributed by atoms with Crippen LogP contribution in [0.15, 0.2) is 47.3 Å². The maximum Gasteiger partial charge on any atom is 0.421 e. The van der Waals surface area contributed by atoms with Gasteiger partial charge in [0.2, 0.25) is 0 Å². The molecule has 7 heteroatoms. The van der Waals surface area contributed by atoms with Crippen LogP contribution >= 0.6 is 0 Å². The minimum Gasteiger partial charge on any atom is -0.385 e. The average molecular weight is 462 g/mol. The summed E-state index contributed by atoms with van der Waals surface area (Å²) in [6, 6.07) is 10.1. The number of hydrogen-bond donors (Lipinski definition) is 2. The van der Waals surface area contributed by atoms with Crippen LogP contribution in [-0.4, -0.2) is 36.1 Å². The smallest absolute Gasteiger partial charge is 0.385 e. The first-order valence-electron chi connectivity index (χ1n) is 11.9. The standard InChI is InChI=1S/C26H34F3N3O/c1-3-32(4-2)17-7-16-30-21-12-10-20(11-13-21)22(18-19-8-5-6-9-19)24-15-14-23(25(33)31-24)26(27,28)29/h10-15,18-19,30H,3-9,16-17H2,1-2H3,(H,31,33). The predicted molar refractivity (Wildman–Crippen MR) is 128 cm³/mol. The van der Waals surface area contributed by atoms with Gasteiger partial charge in [-0.3, -0.25) is 4.79 Å². The second kappa shape index (κ2) is 11.5. The van der Waals surface area contributed by atoms with E-state index in [1.54, 1.807) is 0 Å². The van der Waals surface area contributed by atoms with Gasteiger partial charge in [-0.2, -0.15) is 13.2 Å². The van der Waals surface area contributed by atoms with Crippen molar-refractivity contribution in [2.45, 2.75) is 52.1 Å². The van der Waals surface area contributed by atoms with Crippen molar-refractivity contribution in [2.24, 2.45) is 5.92 Å². The molecule has 0 atom stereocenters. The van der Waals surface area contributed by atoms with Crippen LogP contribution in [0.2, 0.25) is 0 Å². The van der Waals surface area contributed by atoms with Crippen molar-refractivity contribution < 1.29 is 13.2 Å². The third-order valence-electron chi connectivity index (χ3n) is 6.38. The number of halogens is 3. The molecule has 1 aromatic carbocycles. The number of nitrogens with one attached hydrogen (secondary N) is 2. The molecule has 180 valence electrons. The number of aromatic amines is 1. The van der Waals surface area contributed by atoms with Crippen molar-refractivity contribution >= 4 is 11.3 Å². The van der Waals surface area contributed by atoms with Gasteiger partial charge in [-0.05, 0) is 74.6 Å². The molecule has 2 aromatic rings. The Morgan fingerprint density at radius 3 is 2.33 bits per heavy atom. The Bertz CT molecular complexity index is 970. The largest absolute Gasteiger partial charge is 0.421 e. The average Bonchev–Trinajstić information content (AvgIpc) is 3.30. The zero-order chi connectivity index (χ0) is 23.8. The maximum atomic E-state index is 13.0. The van der Waals surface area contributed by atoms with E-state index in [4.69, 9.17) is 0 Å². The highest BCUT2D eigenvalue weighted by atomic mass is 19.4. The molecule has 1 saturated carbocycles. The summed E-state index contributed by atoms with van der Waals surface area (Å²) in [4.78, 5) is 17.0. The number of rotatable bonds is 10. The Morgan fingerprint density at radius 2 is 1.76 bits per heavy atom. The third-order valence-corrected chi connectivity index (χ3v) is 6.38. The molecule has 33 heavy (non-hydrogen) atoms. The Labute approximate surface area is 193 Å². The molecule has 1 aliphatic carbocycles. The number of allylic oxidation sites excluding steroid dienone is 1. The molecule has 4 nitrogen and oxygen atoms in total. The van der Waals surface area contributed by atoms with Crippen LogP contribution in [0, 0.1) is 5.92 Å². The van der Waals surface area contributed by atoms with Gasteiger partial charge in [0.05, 0.1) is 0 Å². The van der Waals surface area contributed by atoms with Crippen LogP contribution in [0.25, 0.3) is 5.57 Å². The topological polar surface area (TPSA) is 48.1 Å². The summed E-state index contributed by atoms with van der Waals surface area (Å²) in [5.74, 6) is 0.365. The second-order valence-electron chi connectivity index (χ2n) is 8.62. The summed E-state index contributed by atoms with van der Waals surface area (Å²) >= 11 is 0. The first-order chi connectivity index (χ1) is 15.8. The van der Waals surface area contributed by atoms with Crippen LogP contribution in [-0.2, 0) is 6.18 Å². The van der Waals surface area contributed by atoms with Gasteiger partial charge in [0, 0.05) is 23.5 Å². The highest BCUT2D eigenvalue weighted by Gasteiger charge is 2.34. The van der Waals surface area contributed by atoms with Crippen LogP contribution in [0.5, 0.6) is 0 Å². The minimum atomic E-state index is -4.67. The molecule has 0 spiro atoms. The molecular weight excluding hydrogens is 427 g/mol. The van der Waals surface area contributed by atoms with Crippen molar-refractivity contribution in [3.63, 3.8) is 0 Å². The molecule has 1 fully saturated rings. The molecule has 1 aromatic heterocycles. The molecule has 0 bridgehead atoms. The lowest BCUT2D eigenvalue weighted by Gasteiger charge is -2.18. The quantitative estimate of drug-likeness (QED) is 0.417. The van der Waals surface area contributed by atoms with Gasteiger partial charge >= 0.3 is 6.18 Å². The van der Waals surface area contributed by atoms with E-state index in [0.717, 1.165) is 81.2 Å². The van der Waals surface area contributed by atoms with E-state index in [1.165, 1.54) is 6.07 Å². The molecule has 0 unspecified atom stereocenters. The van der Waals surface area contributed by atoms with E-state index in [-0.39, 0.29) is 0 Å². The minimum absolute atomic E-state index is 0.365. The van der Waals surface area contributed by atoms with E-state index < -0.39 is 17.3 Å². The molecule has 0 radical (unpaired) electrons. The summed E-state index contributed by atoms with van der Waals surface area (Å²) in [5.41, 5.74) is 0.797. The zero-order valence-corrected chi connectivity index (χ0v) is 19.5. The number of anilines is 1. The van der Waals surface area contributed by atoms with Crippen molar-refractivity contribution in [3.05, 3.63) is 69.6 Å². The van der Waals surface area contributed by atoms with Gasteiger partial charge in [0.1, 0.15) is 5.56 Å². The highest BCUT2D eigenvalue weighted by molar-refractivity contribution is 5.78. The van der Waals surface area contributed by atoms with Gasteiger partial charge < -0.3 is 15.2 Å². The highest BCUT2D eigenvalue weighted by Crippen LogP contribution is 2.33. The van der Waals surface area contributed by atoms with E-state index in [0.29, 0.717) is 11.6 Å². The summed E-state index contributed by atoms with van der Waals surface area (Å²) in [6.07, 6.45) is 2.89. The lowest BCUT2D eigenvalue weighted by Crippen LogP contribution is -2.25.